The normalized spacial score (nSPS) is 26.0. The molecular weight excluding hydrogens is 276 g/mol. The van der Waals surface area contributed by atoms with Crippen molar-refractivity contribution in [2.75, 3.05) is 19.6 Å². The fourth-order valence-electron chi connectivity index (χ4n) is 3.60. The largest absolute Gasteiger partial charge is 0.463 e. The zero-order chi connectivity index (χ0) is 15.1. The lowest BCUT2D eigenvalue weighted by molar-refractivity contribution is 0.0924. The molecule has 0 aliphatic carbocycles. The first-order valence-corrected chi connectivity index (χ1v) is 7.72. The Bertz CT molecular complexity index is 796. The topological polar surface area (TPSA) is 45.5 Å². The third-order valence-corrected chi connectivity index (χ3v) is 4.74. The van der Waals surface area contributed by atoms with Gasteiger partial charge in [-0.15, -0.1) is 5.92 Å². The Hall–Kier alpha value is -2.25. The molecule has 3 atom stereocenters. The van der Waals surface area contributed by atoms with Crippen LogP contribution in [0.2, 0.25) is 0 Å². The van der Waals surface area contributed by atoms with E-state index in [-0.39, 0.29) is 11.9 Å². The predicted molar refractivity (Wildman–Crippen MR) is 84.6 cm³/mol. The van der Waals surface area contributed by atoms with Gasteiger partial charge in [0.05, 0.1) is 5.56 Å². The Kier molecular flexibility index (Phi) is 3.16. The van der Waals surface area contributed by atoms with Crippen molar-refractivity contribution in [2.24, 2.45) is 5.92 Å². The van der Waals surface area contributed by atoms with Crippen LogP contribution in [0.3, 0.4) is 0 Å². The highest BCUT2D eigenvalue weighted by Gasteiger charge is 2.38. The number of carbonyl (C=O) groups excluding carboxylic acids is 1. The van der Waals surface area contributed by atoms with Gasteiger partial charge in [-0.3, -0.25) is 4.79 Å². The molecule has 3 unspecified atom stereocenters. The highest BCUT2D eigenvalue weighted by molar-refractivity contribution is 5.99. The number of amides is 1. The number of furan rings is 1. The van der Waals surface area contributed by atoms with Crippen LogP contribution in [0.4, 0.5) is 0 Å². The third kappa shape index (κ3) is 2.18. The van der Waals surface area contributed by atoms with E-state index in [0.29, 0.717) is 11.5 Å². The molecule has 1 N–H and O–H groups in total. The average molecular weight is 294 g/mol. The molecule has 0 saturated carbocycles. The standard InChI is InChI=1S/C18H18N2O2/c1-2-3-14-11-22-17-5-4-12(8-15(14)17)18(21)19-16-10-20-7-6-13(16)9-20/h4-5,8,11,13,16H,6-7,9-10H2,1H3,(H,19,21). The Labute approximate surface area is 129 Å². The highest BCUT2D eigenvalue weighted by atomic mass is 16.3. The van der Waals surface area contributed by atoms with Crippen LogP contribution in [0.1, 0.15) is 29.3 Å². The van der Waals surface area contributed by atoms with Crippen molar-refractivity contribution < 1.29 is 9.21 Å². The van der Waals surface area contributed by atoms with Gasteiger partial charge < -0.3 is 14.6 Å². The van der Waals surface area contributed by atoms with Gasteiger partial charge in [0.25, 0.3) is 5.91 Å². The molecule has 4 rings (SSSR count). The Balaban J connectivity index is 1.58. The second kappa shape index (κ2) is 5.19. The molecule has 112 valence electrons. The minimum atomic E-state index is -0.00254. The van der Waals surface area contributed by atoms with Gasteiger partial charge in [0.1, 0.15) is 11.8 Å². The number of nitrogens with one attached hydrogen (secondary N) is 1. The molecule has 2 fully saturated rings. The van der Waals surface area contributed by atoms with Crippen LogP contribution in [0.5, 0.6) is 0 Å². The summed E-state index contributed by atoms with van der Waals surface area (Å²) < 4.78 is 5.47. The summed E-state index contributed by atoms with van der Waals surface area (Å²) in [5, 5.41) is 4.09. The van der Waals surface area contributed by atoms with E-state index in [0.717, 1.165) is 29.6 Å². The molecule has 1 amide bonds. The first-order valence-electron chi connectivity index (χ1n) is 7.72. The van der Waals surface area contributed by atoms with Gasteiger partial charge in [-0.1, -0.05) is 5.92 Å². The number of hydrogen-bond acceptors (Lipinski definition) is 3. The van der Waals surface area contributed by atoms with Gasteiger partial charge in [0, 0.05) is 30.1 Å². The lowest BCUT2D eigenvalue weighted by atomic mass is 9.99. The molecule has 2 aliphatic heterocycles. The molecule has 4 nitrogen and oxygen atoms in total. The second-order valence-corrected chi connectivity index (χ2v) is 6.12. The van der Waals surface area contributed by atoms with E-state index in [1.54, 1.807) is 13.2 Å². The molecule has 22 heavy (non-hydrogen) atoms. The van der Waals surface area contributed by atoms with Gasteiger partial charge >= 0.3 is 0 Å². The molecule has 1 aromatic carbocycles. The van der Waals surface area contributed by atoms with E-state index in [4.69, 9.17) is 4.42 Å². The number of benzene rings is 1. The number of piperidine rings is 1. The van der Waals surface area contributed by atoms with E-state index in [2.05, 4.69) is 22.1 Å². The van der Waals surface area contributed by atoms with Gasteiger partial charge in [-0.05, 0) is 44.0 Å². The maximum Gasteiger partial charge on any atom is 0.251 e. The van der Waals surface area contributed by atoms with Crippen LogP contribution in [0, 0.1) is 17.8 Å². The molecule has 4 heteroatoms. The van der Waals surface area contributed by atoms with Crippen LogP contribution in [0.25, 0.3) is 11.0 Å². The van der Waals surface area contributed by atoms with Crippen molar-refractivity contribution in [1.29, 1.82) is 0 Å². The molecule has 2 aliphatic rings. The monoisotopic (exact) mass is 294 g/mol. The van der Waals surface area contributed by atoms with Crippen LogP contribution >= 0.6 is 0 Å². The molecule has 0 spiro atoms. The lowest BCUT2D eigenvalue weighted by Crippen LogP contribution is -2.43. The maximum atomic E-state index is 12.5. The zero-order valence-electron chi connectivity index (χ0n) is 12.6. The maximum absolute atomic E-state index is 12.5. The van der Waals surface area contributed by atoms with E-state index in [9.17, 15) is 4.79 Å². The van der Waals surface area contributed by atoms with Gasteiger partial charge in [-0.25, -0.2) is 0 Å². The van der Waals surface area contributed by atoms with Crippen LogP contribution in [0.15, 0.2) is 28.9 Å². The van der Waals surface area contributed by atoms with Crippen molar-refractivity contribution >= 4 is 16.9 Å². The number of fused-ring (bicyclic) bond motifs is 3. The van der Waals surface area contributed by atoms with Crippen molar-refractivity contribution in [1.82, 2.24) is 10.2 Å². The Morgan fingerprint density at radius 2 is 2.32 bits per heavy atom. The van der Waals surface area contributed by atoms with Crippen LogP contribution in [-0.2, 0) is 0 Å². The van der Waals surface area contributed by atoms with Crippen molar-refractivity contribution in [3.8, 4) is 11.8 Å². The molecule has 3 heterocycles. The summed E-state index contributed by atoms with van der Waals surface area (Å²) in [5.74, 6) is 6.49. The summed E-state index contributed by atoms with van der Waals surface area (Å²) in [6.45, 7) is 5.08. The number of hydrogen-bond donors (Lipinski definition) is 1. The van der Waals surface area contributed by atoms with E-state index in [1.165, 1.54) is 13.0 Å². The Morgan fingerprint density at radius 1 is 1.41 bits per heavy atom. The molecule has 2 saturated heterocycles. The average Bonchev–Trinajstić information content (AvgIpc) is 3.23. The second-order valence-electron chi connectivity index (χ2n) is 6.12. The SMILES string of the molecule is CC#Cc1coc2ccc(C(=O)NC3CN4CCC3C4)cc12. The quantitative estimate of drug-likeness (QED) is 0.864. The number of carbonyl (C=O) groups is 1. The fourth-order valence-corrected chi connectivity index (χ4v) is 3.60. The Morgan fingerprint density at radius 3 is 3.05 bits per heavy atom. The van der Waals surface area contributed by atoms with Crippen LogP contribution in [-0.4, -0.2) is 36.5 Å². The fraction of sp³-hybridized carbons (Fsp3) is 0.389. The minimum absolute atomic E-state index is 0.00254. The number of rotatable bonds is 2. The van der Waals surface area contributed by atoms with Crippen LogP contribution < -0.4 is 5.32 Å². The first kappa shape index (κ1) is 13.4. The van der Waals surface area contributed by atoms with Crippen molar-refractivity contribution in [2.45, 2.75) is 19.4 Å². The molecular formula is C18H18N2O2. The summed E-state index contributed by atoms with van der Waals surface area (Å²) in [5.41, 5.74) is 2.27. The smallest absolute Gasteiger partial charge is 0.251 e. The molecule has 0 radical (unpaired) electrons. The summed E-state index contributed by atoms with van der Waals surface area (Å²) in [4.78, 5) is 14.9. The summed E-state index contributed by atoms with van der Waals surface area (Å²) in [6.07, 6.45) is 2.84. The van der Waals surface area contributed by atoms with E-state index in [1.807, 2.05) is 18.2 Å². The lowest BCUT2D eigenvalue weighted by Gasteiger charge is -2.23. The highest BCUT2D eigenvalue weighted by Crippen LogP contribution is 2.28. The molecule has 2 bridgehead atoms. The molecule has 1 aromatic heterocycles. The van der Waals surface area contributed by atoms with E-state index < -0.39 is 0 Å². The summed E-state index contributed by atoms with van der Waals surface area (Å²) >= 11 is 0. The number of nitrogens with zero attached hydrogens (tertiary/aromatic N) is 1. The van der Waals surface area contributed by atoms with Crippen molar-refractivity contribution in [3.63, 3.8) is 0 Å². The third-order valence-electron chi connectivity index (χ3n) is 4.74. The summed E-state index contributed by atoms with van der Waals surface area (Å²) in [7, 11) is 0. The summed E-state index contributed by atoms with van der Waals surface area (Å²) in [6, 6.07) is 5.82. The predicted octanol–water partition coefficient (Wildman–Crippen LogP) is 2.24. The van der Waals surface area contributed by atoms with E-state index >= 15 is 0 Å². The minimum Gasteiger partial charge on any atom is -0.463 e. The van der Waals surface area contributed by atoms with Gasteiger partial charge in [0.15, 0.2) is 0 Å². The van der Waals surface area contributed by atoms with Gasteiger partial charge in [-0.2, -0.15) is 0 Å². The van der Waals surface area contributed by atoms with Crippen molar-refractivity contribution in [3.05, 3.63) is 35.6 Å². The zero-order valence-corrected chi connectivity index (χ0v) is 12.6. The van der Waals surface area contributed by atoms with Gasteiger partial charge in [0.2, 0.25) is 0 Å². The molecule has 2 aromatic rings. The first-order chi connectivity index (χ1) is 10.7.